The number of nitrogens with one attached hydrogen (secondary N) is 1. The molecule has 0 unspecified atom stereocenters. The summed E-state index contributed by atoms with van der Waals surface area (Å²) in [5.74, 6) is 0.630. The molecule has 2 aliphatic heterocycles. The first-order chi connectivity index (χ1) is 17.6. The van der Waals surface area contributed by atoms with Crippen molar-refractivity contribution in [2.45, 2.75) is 19.3 Å². The Morgan fingerprint density at radius 2 is 1.61 bits per heavy atom. The number of aromatic nitrogens is 2. The lowest BCUT2D eigenvalue weighted by molar-refractivity contribution is -0.125. The third kappa shape index (κ3) is 5.38. The van der Waals surface area contributed by atoms with E-state index in [1.54, 1.807) is 11.6 Å². The molecule has 0 bridgehead atoms. The molecule has 8 nitrogen and oxygen atoms in total. The summed E-state index contributed by atoms with van der Waals surface area (Å²) in [6, 6.07) is 18.3. The number of aryl methyl sites for hydroxylation is 1. The molecule has 0 atom stereocenters. The summed E-state index contributed by atoms with van der Waals surface area (Å²) in [6.45, 7) is 7.28. The largest absolute Gasteiger partial charge is 0.369 e. The summed E-state index contributed by atoms with van der Waals surface area (Å²) in [4.78, 5) is 37.2. The van der Waals surface area contributed by atoms with E-state index in [2.05, 4.69) is 50.4 Å². The quantitative estimate of drug-likeness (QED) is 0.515. The minimum atomic E-state index is -0.0822. The Hall–Kier alpha value is -3.39. The Labute approximate surface area is 212 Å². The molecule has 2 aromatic carbocycles. The third-order valence-corrected chi connectivity index (χ3v) is 7.57. The maximum Gasteiger partial charge on any atom is 0.293 e. The van der Waals surface area contributed by atoms with E-state index in [-0.39, 0.29) is 17.4 Å². The average molecular weight is 489 g/mol. The zero-order valence-electron chi connectivity index (χ0n) is 21.1. The number of piperidine rings is 1. The molecule has 2 fully saturated rings. The molecule has 0 aliphatic carbocycles. The zero-order valence-corrected chi connectivity index (χ0v) is 21.1. The van der Waals surface area contributed by atoms with Crippen molar-refractivity contribution in [2.24, 2.45) is 13.0 Å². The Kier molecular flexibility index (Phi) is 7.51. The van der Waals surface area contributed by atoms with E-state index in [0.717, 1.165) is 63.0 Å². The summed E-state index contributed by atoms with van der Waals surface area (Å²) in [5.41, 5.74) is 2.86. The predicted octanol–water partition coefficient (Wildman–Crippen LogP) is 2.48. The van der Waals surface area contributed by atoms with E-state index in [1.165, 1.54) is 5.69 Å². The van der Waals surface area contributed by atoms with Gasteiger partial charge in [0.25, 0.3) is 5.56 Å². The van der Waals surface area contributed by atoms with Gasteiger partial charge < -0.3 is 19.7 Å². The van der Waals surface area contributed by atoms with Crippen LogP contribution in [0.4, 0.5) is 11.5 Å². The van der Waals surface area contributed by atoms with Gasteiger partial charge in [-0.15, -0.1) is 0 Å². The normalized spacial score (nSPS) is 17.5. The van der Waals surface area contributed by atoms with Gasteiger partial charge in [-0.2, -0.15) is 0 Å². The van der Waals surface area contributed by atoms with E-state index in [9.17, 15) is 9.59 Å². The second kappa shape index (κ2) is 11.1. The molecule has 190 valence electrons. The SMILES string of the molecule is Cn1c(=O)c(N2CCC(C(=O)NCCCN3CCN(c4ccccc4)CC3)CC2)nc2ccccc21. The summed E-state index contributed by atoms with van der Waals surface area (Å²) in [5, 5.41) is 3.15. The molecule has 1 amide bonds. The molecular weight excluding hydrogens is 452 g/mol. The van der Waals surface area contributed by atoms with Crippen LogP contribution in [-0.4, -0.2) is 72.7 Å². The van der Waals surface area contributed by atoms with Crippen LogP contribution in [0, 0.1) is 5.92 Å². The summed E-state index contributed by atoms with van der Waals surface area (Å²) in [7, 11) is 1.79. The lowest BCUT2D eigenvalue weighted by Crippen LogP contribution is -2.47. The highest BCUT2D eigenvalue weighted by molar-refractivity contribution is 5.79. The van der Waals surface area contributed by atoms with E-state index < -0.39 is 0 Å². The van der Waals surface area contributed by atoms with Crippen LogP contribution in [0.3, 0.4) is 0 Å². The third-order valence-electron chi connectivity index (χ3n) is 7.57. The van der Waals surface area contributed by atoms with Gasteiger partial charge in [-0.05, 0) is 50.1 Å². The highest BCUT2D eigenvalue weighted by Crippen LogP contribution is 2.22. The molecular formula is C28H36N6O2. The topological polar surface area (TPSA) is 73.7 Å². The van der Waals surface area contributed by atoms with Crippen LogP contribution in [0.25, 0.3) is 11.0 Å². The van der Waals surface area contributed by atoms with Gasteiger partial charge in [0.05, 0.1) is 11.0 Å². The molecule has 0 spiro atoms. The Morgan fingerprint density at radius 1 is 0.917 bits per heavy atom. The number of fused-ring (bicyclic) bond motifs is 1. The second-order valence-electron chi connectivity index (χ2n) is 9.86. The number of hydrogen-bond donors (Lipinski definition) is 1. The average Bonchev–Trinajstić information content (AvgIpc) is 2.94. The standard InChI is InChI=1S/C28H36N6O2/c1-31-25-11-6-5-10-24(25)30-26(28(31)36)34-16-12-22(13-17-34)27(35)29-14-7-15-32-18-20-33(21-19-32)23-8-3-2-4-9-23/h2-6,8-11,22H,7,12-21H2,1H3,(H,29,35). The van der Waals surface area contributed by atoms with E-state index in [0.29, 0.717) is 25.5 Å². The van der Waals surface area contributed by atoms with E-state index in [4.69, 9.17) is 0 Å². The van der Waals surface area contributed by atoms with Crippen LogP contribution in [0.5, 0.6) is 0 Å². The van der Waals surface area contributed by atoms with Gasteiger partial charge in [-0.25, -0.2) is 4.98 Å². The predicted molar refractivity (Wildman–Crippen MR) is 145 cm³/mol. The lowest BCUT2D eigenvalue weighted by atomic mass is 9.96. The molecule has 5 rings (SSSR count). The monoisotopic (exact) mass is 488 g/mol. The number of rotatable bonds is 7. The van der Waals surface area contributed by atoms with Gasteiger partial charge in [0.2, 0.25) is 5.91 Å². The fourth-order valence-electron chi connectivity index (χ4n) is 5.35. The fourth-order valence-corrected chi connectivity index (χ4v) is 5.35. The van der Waals surface area contributed by atoms with Crippen LogP contribution in [0.15, 0.2) is 59.4 Å². The van der Waals surface area contributed by atoms with Crippen LogP contribution >= 0.6 is 0 Å². The van der Waals surface area contributed by atoms with Gasteiger partial charge in [-0.3, -0.25) is 14.5 Å². The molecule has 0 radical (unpaired) electrons. The number of carbonyl (C=O) groups is 1. The van der Waals surface area contributed by atoms with Crippen LogP contribution in [-0.2, 0) is 11.8 Å². The number of benzene rings is 2. The summed E-state index contributed by atoms with van der Waals surface area (Å²) in [6.07, 6.45) is 2.45. The molecule has 2 saturated heterocycles. The Balaban J connectivity index is 1.03. The van der Waals surface area contributed by atoms with Crippen molar-refractivity contribution < 1.29 is 4.79 Å². The van der Waals surface area contributed by atoms with Gasteiger partial charge in [0.1, 0.15) is 0 Å². The van der Waals surface area contributed by atoms with Crippen LogP contribution in [0.1, 0.15) is 19.3 Å². The van der Waals surface area contributed by atoms with Crippen molar-refractivity contribution in [1.29, 1.82) is 0 Å². The van der Waals surface area contributed by atoms with E-state index >= 15 is 0 Å². The molecule has 2 aliphatic rings. The fraction of sp³-hybridized carbons (Fsp3) is 0.464. The van der Waals surface area contributed by atoms with E-state index in [1.807, 2.05) is 29.2 Å². The first-order valence-electron chi connectivity index (χ1n) is 13.1. The van der Waals surface area contributed by atoms with Crippen molar-refractivity contribution in [1.82, 2.24) is 19.8 Å². The molecule has 8 heteroatoms. The van der Waals surface area contributed by atoms with Crippen molar-refractivity contribution in [3.8, 4) is 0 Å². The molecule has 36 heavy (non-hydrogen) atoms. The molecule has 3 heterocycles. The molecule has 1 N–H and O–H groups in total. The molecule has 0 saturated carbocycles. The Bertz CT molecular complexity index is 1230. The maximum atomic E-state index is 12.9. The highest BCUT2D eigenvalue weighted by atomic mass is 16.2. The summed E-state index contributed by atoms with van der Waals surface area (Å²) < 4.78 is 1.66. The van der Waals surface area contributed by atoms with Crippen molar-refractivity contribution in [2.75, 3.05) is 62.2 Å². The minimum absolute atomic E-state index is 0.0000225. The lowest BCUT2D eigenvalue weighted by Gasteiger charge is -2.36. The summed E-state index contributed by atoms with van der Waals surface area (Å²) >= 11 is 0. The zero-order chi connectivity index (χ0) is 24.9. The number of amides is 1. The van der Waals surface area contributed by atoms with Crippen molar-refractivity contribution in [3.63, 3.8) is 0 Å². The second-order valence-corrected chi connectivity index (χ2v) is 9.86. The van der Waals surface area contributed by atoms with Crippen molar-refractivity contribution >= 4 is 28.4 Å². The van der Waals surface area contributed by atoms with Crippen LogP contribution < -0.4 is 20.7 Å². The van der Waals surface area contributed by atoms with Gasteiger partial charge >= 0.3 is 0 Å². The first kappa shape index (κ1) is 24.3. The first-order valence-corrected chi connectivity index (χ1v) is 13.1. The number of nitrogens with zero attached hydrogens (tertiary/aromatic N) is 5. The number of anilines is 2. The Morgan fingerprint density at radius 3 is 2.36 bits per heavy atom. The number of para-hydroxylation sites is 3. The highest BCUT2D eigenvalue weighted by Gasteiger charge is 2.27. The number of piperazine rings is 1. The van der Waals surface area contributed by atoms with Crippen LogP contribution in [0.2, 0.25) is 0 Å². The van der Waals surface area contributed by atoms with Gasteiger partial charge in [0.15, 0.2) is 5.82 Å². The minimum Gasteiger partial charge on any atom is -0.369 e. The van der Waals surface area contributed by atoms with Crippen molar-refractivity contribution in [3.05, 3.63) is 65.0 Å². The molecule has 1 aromatic heterocycles. The molecule has 3 aromatic rings. The van der Waals surface area contributed by atoms with Gasteiger partial charge in [0, 0.05) is 64.5 Å². The van der Waals surface area contributed by atoms with Gasteiger partial charge in [-0.1, -0.05) is 30.3 Å². The smallest absolute Gasteiger partial charge is 0.293 e. The maximum absolute atomic E-state index is 12.9. The number of hydrogen-bond acceptors (Lipinski definition) is 6. The number of carbonyl (C=O) groups excluding carboxylic acids is 1.